The lowest BCUT2D eigenvalue weighted by atomic mass is 10.0. The lowest BCUT2D eigenvalue weighted by molar-refractivity contribution is -0.0114. The largest absolute Gasteiger partial charge is 0.377 e. The first kappa shape index (κ1) is 16.0. The van der Waals surface area contributed by atoms with E-state index in [1.165, 1.54) is 22.6 Å². The molecule has 4 heteroatoms. The van der Waals surface area contributed by atoms with Gasteiger partial charge in [0.25, 0.3) is 0 Å². The summed E-state index contributed by atoms with van der Waals surface area (Å²) in [5, 5.41) is 0. The van der Waals surface area contributed by atoms with Crippen molar-refractivity contribution in [2.45, 2.75) is 51.7 Å². The van der Waals surface area contributed by atoms with Gasteiger partial charge in [-0.05, 0) is 44.4 Å². The molecule has 114 valence electrons. The van der Waals surface area contributed by atoms with Crippen molar-refractivity contribution in [2.24, 2.45) is 5.73 Å². The van der Waals surface area contributed by atoms with Gasteiger partial charge in [-0.1, -0.05) is 13.8 Å². The van der Waals surface area contributed by atoms with E-state index in [9.17, 15) is 0 Å². The minimum Gasteiger partial charge on any atom is -0.377 e. The van der Waals surface area contributed by atoms with Crippen molar-refractivity contribution in [1.82, 2.24) is 4.90 Å². The van der Waals surface area contributed by atoms with Crippen LogP contribution in [0.1, 0.15) is 48.9 Å². The van der Waals surface area contributed by atoms with Gasteiger partial charge >= 0.3 is 0 Å². The highest BCUT2D eigenvalue weighted by molar-refractivity contribution is 7.12. The van der Waals surface area contributed by atoms with Crippen LogP contribution >= 0.6 is 11.3 Å². The molecule has 3 nitrogen and oxygen atoms in total. The first-order valence-corrected chi connectivity index (χ1v) is 8.74. The van der Waals surface area contributed by atoms with Crippen LogP contribution in [0.25, 0.3) is 0 Å². The second kappa shape index (κ2) is 8.13. The molecule has 1 saturated heterocycles. The quantitative estimate of drug-likeness (QED) is 0.840. The van der Waals surface area contributed by atoms with Gasteiger partial charge in [-0.25, -0.2) is 0 Å². The fourth-order valence-corrected chi connectivity index (χ4v) is 3.98. The molecule has 2 rings (SSSR count). The first-order chi connectivity index (χ1) is 9.78. The van der Waals surface area contributed by atoms with Crippen molar-refractivity contribution in [1.29, 1.82) is 0 Å². The van der Waals surface area contributed by atoms with Crippen LogP contribution in [0.4, 0.5) is 0 Å². The molecule has 1 aromatic heterocycles. The molecule has 1 fully saturated rings. The van der Waals surface area contributed by atoms with Gasteiger partial charge in [-0.15, -0.1) is 11.3 Å². The lowest BCUT2D eigenvalue weighted by Crippen LogP contribution is -2.43. The zero-order chi connectivity index (χ0) is 14.4. The number of likely N-dealkylation sites (tertiary alicyclic amines) is 1. The molecule has 2 unspecified atom stereocenters. The molecule has 0 bridgehead atoms. The number of aryl methyl sites for hydroxylation is 1. The highest BCUT2D eigenvalue weighted by Crippen LogP contribution is 2.30. The number of nitrogens with two attached hydrogens (primary N) is 1. The van der Waals surface area contributed by atoms with Gasteiger partial charge in [-0.3, -0.25) is 4.90 Å². The summed E-state index contributed by atoms with van der Waals surface area (Å²) in [5.41, 5.74) is 6.06. The van der Waals surface area contributed by atoms with Crippen LogP contribution in [-0.4, -0.2) is 37.2 Å². The van der Waals surface area contributed by atoms with Crippen LogP contribution in [-0.2, 0) is 11.2 Å². The fraction of sp³-hybridized carbons (Fsp3) is 0.750. The smallest absolute Gasteiger partial charge is 0.0702 e. The number of hydrogen-bond donors (Lipinski definition) is 1. The third-order valence-corrected chi connectivity index (χ3v) is 5.32. The molecule has 1 aliphatic heterocycles. The van der Waals surface area contributed by atoms with Crippen LogP contribution < -0.4 is 5.73 Å². The normalized spacial score (nSPS) is 22.1. The molecule has 2 N–H and O–H groups in total. The number of nitrogens with zero attached hydrogens (tertiary/aromatic N) is 1. The van der Waals surface area contributed by atoms with Crippen LogP contribution in [0.15, 0.2) is 12.1 Å². The number of rotatable bonds is 7. The van der Waals surface area contributed by atoms with Crippen LogP contribution in [0.3, 0.4) is 0 Å². The van der Waals surface area contributed by atoms with Crippen LogP contribution in [0.5, 0.6) is 0 Å². The molecule has 0 spiro atoms. The van der Waals surface area contributed by atoms with Gasteiger partial charge in [0.2, 0.25) is 0 Å². The average molecular weight is 296 g/mol. The Labute approximate surface area is 127 Å². The maximum atomic E-state index is 6.06. The Morgan fingerprint density at radius 3 is 2.95 bits per heavy atom. The zero-order valence-electron chi connectivity index (χ0n) is 12.8. The van der Waals surface area contributed by atoms with E-state index in [4.69, 9.17) is 10.5 Å². The minimum absolute atomic E-state index is 0.369. The second-order valence-electron chi connectivity index (χ2n) is 5.54. The highest BCUT2D eigenvalue weighted by atomic mass is 32.1. The molecule has 0 aromatic carbocycles. The second-order valence-corrected chi connectivity index (χ2v) is 6.74. The summed E-state index contributed by atoms with van der Waals surface area (Å²) in [6, 6.07) is 4.88. The Morgan fingerprint density at radius 1 is 1.45 bits per heavy atom. The van der Waals surface area contributed by atoms with E-state index < -0.39 is 0 Å². The van der Waals surface area contributed by atoms with E-state index in [-0.39, 0.29) is 0 Å². The molecular weight excluding hydrogens is 268 g/mol. The summed E-state index contributed by atoms with van der Waals surface area (Å²) in [4.78, 5) is 5.39. The Hall–Kier alpha value is -0.420. The molecule has 0 aliphatic carbocycles. The summed E-state index contributed by atoms with van der Waals surface area (Å²) in [6.45, 7) is 8.13. The van der Waals surface area contributed by atoms with Crippen molar-refractivity contribution in [3.63, 3.8) is 0 Å². The monoisotopic (exact) mass is 296 g/mol. The Kier molecular flexibility index (Phi) is 6.49. The summed E-state index contributed by atoms with van der Waals surface area (Å²) in [5.74, 6) is 0. The van der Waals surface area contributed by atoms with Gasteiger partial charge in [0, 0.05) is 29.5 Å². The Balaban J connectivity index is 1.99. The number of ether oxygens (including phenoxy) is 1. The maximum absolute atomic E-state index is 6.06. The predicted octanol–water partition coefficient (Wildman–Crippen LogP) is 3.20. The zero-order valence-corrected chi connectivity index (χ0v) is 13.6. The standard InChI is InChI=1S/C16H28N2OS/c1-3-10-19-13-6-5-9-18(12-13)15(11-17)16-8-7-14(4-2)20-16/h7-8,13,15H,3-6,9-12,17H2,1-2H3. The third-order valence-electron chi connectivity index (χ3n) is 3.99. The van der Waals surface area contributed by atoms with E-state index >= 15 is 0 Å². The Bertz CT molecular complexity index is 394. The summed E-state index contributed by atoms with van der Waals surface area (Å²) in [6.07, 6.45) is 5.02. The fourth-order valence-electron chi connectivity index (χ4n) is 2.88. The Morgan fingerprint density at radius 2 is 2.30 bits per heavy atom. The summed E-state index contributed by atoms with van der Waals surface area (Å²) < 4.78 is 5.94. The van der Waals surface area contributed by atoms with Gasteiger partial charge in [0.1, 0.15) is 0 Å². The summed E-state index contributed by atoms with van der Waals surface area (Å²) in [7, 11) is 0. The van der Waals surface area contributed by atoms with Crippen molar-refractivity contribution < 1.29 is 4.74 Å². The molecule has 0 amide bonds. The predicted molar refractivity (Wildman–Crippen MR) is 86.3 cm³/mol. The summed E-state index contributed by atoms with van der Waals surface area (Å²) >= 11 is 1.92. The van der Waals surface area contributed by atoms with E-state index in [1.807, 2.05) is 11.3 Å². The minimum atomic E-state index is 0.369. The van der Waals surface area contributed by atoms with Crippen molar-refractivity contribution in [3.05, 3.63) is 21.9 Å². The van der Waals surface area contributed by atoms with Crippen molar-refractivity contribution in [2.75, 3.05) is 26.2 Å². The first-order valence-electron chi connectivity index (χ1n) is 7.92. The topological polar surface area (TPSA) is 38.5 Å². The van der Waals surface area contributed by atoms with Gasteiger partial charge in [0.05, 0.1) is 12.1 Å². The molecule has 20 heavy (non-hydrogen) atoms. The number of thiophene rings is 1. The molecular formula is C16H28N2OS. The molecule has 0 saturated carbocycles. The van der Waals surface area contributed by atoms with Crippen molar-refractivity contribution >= 4 is 11.3 Å². The van der Waals surface area contributed by atoms with E-state index in [1.54, 1.807) is 0 Å². The number of piperidine rings is 1. The van der Waals surface area contributed by atoms with E-state index in [2.05, 4.69) is 30.9 Å². The van der Waals surface area contributed by atoms with Gasteiger partial charge in [-0.2, -0.15) is 0 Å². The molecule has 2 heterocycles. The average Bonchev–Trinajstić information content (AvgIpc) is 2.95. The SMILES string of the molecule is CCCOC1CCCN(C(CN)c2ccc(CC)s2)C1. The lowest BCUT2D eigenvalue weighted by Gasteiger charge is -2.37. The van der Waals surface area contributed by atoms with Gasteiger partial charge < -0.3 is 10.5 Å². The maximum Gasteiger partial charge on any atom is 0.0702 e. The van der Waals surface area contributed by atoms with E-state index in [0.29, 0.717) is 18.7 Å². The van der Waals surface area contributed by atoms with Gasteiger partial charge in [0.15, 0.2) is 0 Å². The highest BCUT2D eigenvalue weighted by Gasteiger charge is 2.27. The molecule has 1 aromatic rings. The van der Waals surface area contributed by atoms with Crippen LogP contribution in [0.2, 0.25) is 0 Å². The van der Waals surface area contributed by atoms with Crippen molar-refractivity contribution in [3.8, 4) is 0 Å². The molecule has 2 atom stereocenters. The van der Waals surface area contributed by atoms with E-state index in [0.717, 1.165) is 32.5 Å². The van der Waals surface area contributed by atoms with Crippen LogP contribution in [0, 0.1) is 0 Å². The molecule has 1 aliphatic rings. The number of hydrogen-bond acceptors (Lipinski definition) is 4. The molecule has 0 radical (unpaired) electrons. The third kappa shape index (κ3) is 4.04.